The fourth-order valence-corrected chi connectivity index (χ4v) is 4.95. The summed E-state index contributed by atoms with van der Waals surface area (Å²) in [5.41, 5.74) is 0.137. The van der Waals surface area contributed by atoms with Crippen LogP contribution in [0.4, 0.5) is 0 Å². The Balaban J connectivity index is 1.77. The highest BCUT2D eigenvalue weighted by molar-refractivity contribution is 7.90. The van der Waals surface area contributed by atoms with Crippen LogP contribution < -0.4 is 0 Å². The molecular weight excluding hydrogens is 324 g/mol. The molecule has 1 aliphatic heterocycles. The van der Waals surface area contributed by atoms with Crippen molar-refractivity contribution in [1.29, 1.82) is 0 Å². The average molecular weight is 350 g/mol. The largest absolute Gasteiger partial charge is 0.494 e. The second kappa shape index (κ2) is 7.28. The monoisotopic (exact) mass is 350 g/mol. The topological polar surface area (TPSA) is 52.6 Å². The van der Waals surface area contributed by atoms with Crippen LogP contribution in [0.25, 0.3) is 0 Å². The molecule has 0 saturated heterocycles. The van der Waals surface area contributed by atoms with Gasteiger partial charge in [0.15, 0.2) is 0 Å². The summed E-state index contributed by atoms with van der Waals surface area (Å²) in [6, 6.07) is 9.84. The maximum Gasteiger partial charge on any atom is 0.294 e. The van der Waals surface area contributed by atoms with Crippen LogP contribution >= 0.6 is 0 Å². The Kier molecular flexibility index (Phi) is 5.30. The molecule has 0 bridgehead atoms. The molecule has 1 heterocycles. The summed E-state index contributed by atoms with van der Waals surface area (Å²) in [6.45, 7) is 2.53. The average Bonchev–Trinajstić information content (AvgIpc) is 2.85. The number of hydrogen-bond acceptors (Lipinski definition) is 4. The first kappa shape index (κ1) is 17.5. The van der Waals surface area contributed by atoms with E-state index in [1.807, 2.05) is 37.3 Å². The maximum absolute atomic E-state index is 12.1. The minimum absolute atomic E-state index is 0.472. The lowest BCUT2D eigenvalue weighted by Crippen LogP contribution is -2.35. The zero-order valence-electron chi connectivity index (χ0n) is 14.2. The summed E-state index contributed by atoms with van der Waals surface area (Å²) in [5, 5.41) is 1.18. The van der Waals surface area contributed by atoms with E-state index in [4.69, 9.17) is 8.92 Å². The number of benzene rings is 1. The Morgan fingerprint density at radius 1 is 1.17 bits per heavy atom. The van der Waals surface area contributed by atoms with Gasteiger partial charge in [0.2, 0.25) is 0 Å². The SMILES string of the molecule is CCC1(Cc2ccccc2)OS(=O)(=O)C=C1OCC1CCCCC1. The van der Waals surface area contributed by atoms with E-state index in [1.54, 1.807) is 0 Å². The number of rotatable bonds is 6. The lowest BCUT2D eigenvalue weighted by Gasteiger charge is -2.30. The molecule has 0 amide bonds. The van der Waals surface area contributed by atoms with Gasteiger partial charge in [-0.2, -0.15) is 8.42 Å². The van der Waals surface area contributed by atoms with Crippen molar-refractivity contribution in [2.75, 3.05) is 6.61 Å². The van der Waals surface area contributed by atoms with Gasteiger partial charge in [0.05, 0.1) is 12.0 Å². The summed E-state index contributed by atoms with van der Waals surface area (Å²) in [6.07, 6.45) is 7.16. The van der Waals surface area contributed by atoms with Crippen LogP contribution in [0.5, 0.6) is 0 Å². The Morgan fingerprint density at radius 3 is 2.54 bits per heavy atom. The normalized spacial score (nSPS) is 27.0. The van der Waals surface area contributed by atoms with Crippen LogP contribution in [0, 0.1) is 5.92 Å². The molecule has 1 aromatic carbocycles. The third-order valence-electron chi connectivity index (χ3n) is 5.08. The molecule has 1 unspecified atom stereocenters. The highest BCUT2D eigenvalue weighted by atomic mass is 32.2. The highest BCUT2D eigenvalue weighted by Crippen LogP contribution is 2.39. The van der Waals surface area contributed by atoms with E-state index in [-0.39, 0.29) is 0 Å². The number of ether oxygens (including phenoxy) is 1. The van der Waals surface area contributed by atoms with Crippen LogP contribution in [0.15, 0.2) is 41.5 Å². The molecule has 0 N–H and O–H groups in total. The molecule has 1 atom stereocenters. The van der Waals surface area contributed by atoms with Crippen molar-refractivity contribution in [3.63, 3.8) is 0 Å². The van der Waals surface area contributed by atoms with Crippen LogP contribution in [0.1, 0.15) is 51.0 Å². The minimum atomic E-state index is -3.68. The second-order valence-electron chi connectivity index (χ2n) is 6.88. The summed E-state index contributed by atoms with van der Waals surface area (Å²) in [4.78, 5) is 0. The van der Waals surface area contributed by atoms with Crippen molar-refractivity contribution in [2.45, 2.75) is 57.5 Å². The van der Waals surface area contributed by atoms with Crippen LogP contribution in [0.3, 0.4) is 0 Å². The van der Waals surface area contributed by atoms with Gasteiger partial charge in [0, 0.05) is 6.42 Å². The van der Waals surface area contributed by atoms with Gasteiger partial charge in [-0.15, -0.1) is 0 Å². The maximum atomic E-state index is 12.1. The molecule has 5 heteroatoms. The van der Waals surface area contributed by atoms with Gasteiger partial charge in [-0.05, 0) is 30.7 Å². The predicted molar refractivity (Wildman–Crippen MR) is 93.8 cm³/mol. The molecule has 4 nitrogen and oxygen atoms in total. The molecule has 0 radical (unpaired) electrons. The van der Waals surface area contributed by atoms with Crippen molar-refractivity contribution in [3.8, 4) is 0 Å². The van der Waals surface area contributed by atoms with Crippen molar-refractivity contribution in [2.24, 2.45) is 5.92 Å². The zero-order valence-corrected chi connectivity index (χ0v) is 15.1. The molecule has 3 rings (SSSR count). The molecule has 0 spiro atoms. The van der Waals surface area contributed by atoms with Gasteiger partial charge < -0.3 is 4.74 Å². The Bertz CT molecular complexity index is 675. The van der Waals surface area contributed by atoms with Crippen molar-refractivity contribution >= 4 is 10.1 Å². The standard InChI is InChI=1S/C19H26O4S/c1-2-19(13-16-9-5-3-6-10-16)18(15-24(20,21)23-19)22-14-17-11-7-4-8-12-17/h3,5-6,9-10,15,17H,2,4,7-8,11-14H2,1H3. The molecule has 24 heavy (non-hydrogen) atoms. The van der Waals surface area contributed by atoms with Crippen LogP contribution in [0.2, 0.25) is 0 Å². The van der Waals surface area contributed by atoms with Crippen molar-refractivity contribution in [3.05, 3.63) is 47.1 Å². The molecule has 1 saturated carbocycles. The second-order valence-corrected chi connectivity index (χ2v) is 8.27. The summed E-state index contributed by atoms with van der Waals surface area (Å²) in [5.74, 6) is 0.994. The lowest BCUT2D eigenvalue weighted by atomic mass is 9.89. The highest BCUT2D eigenvalue weighted by Gasteiger charge is 2.46. The molecule has 1 aromatic rings. The van der Waals surface area contributed by atoms with Gasteiger partial charge in [0.1, 0.15) is 11.4 Å². The van der Waals surface area contributed by atoms with Gasteiger partial charge in [-0.3, -0.25) is 4.18 Å². The van der Waals surface area contributed by atoms with Gasteiger partial charge in [0.25, 0.3) is 10.1 Å². The quantitative estimate of drug-likeness (QED) is 0.722. The first-order valence-corrected chi connectivity index (χ1v) is 10.3. The first-order valence-electron chi connectivity index (χ1n) is 8.87. The van der Waals surface area contributed by atoms with Gasteiger partial charge in [-0.1, -0.05) is 56.5 Å². The fraction of sp³-hybridized carbons (Fsp3) is 0.579. The summed E-state index contributed by atoms with van der Waals surface area (Å²) < 4.78 is 35.7. The Hall–Kier alpha value is -1.33. The summed E-state index contributed by atoms with van der Waals surface area (Å²) in [7, 11) is -3.68. The van der Waals surface area contributed by atoms with E-state index in [1.165, 1.54) is 37.5 Å². The molecule has 132 valence electrons. The van der Waals surface area contributed by atoms with E-state index in [0.29, 0.717) is 31.1 Å². The van der Waals surface area contributed by atoms with Crippen molar-refractivity contribution < 1.29 is 17.3 Å². The Morgan fingerprint density at radius 2 is 1.88 bits per heavy atom. The molecule has 1 fully saturated rings. The van der Waals surface area contributed by atoms with E-state index in [9.17, 15) is 8.42 Å². The van der Waals surface area contributed by atoms with Crippen LogP contribution in [-0.2, 0) is 25.5 Å². The molecule has 0 aromatic heterocycles. The van der Waals surface area contributed by atoms with Gasteiger partial charge in [-0.25, -0.2) is 0 Å². The molecular formula is C19H26O4S. The van der Waals surface area contributed by atoms with Gasteiger partial charge >= 0.3 is 0 Å². The molecule has 1 aliphatic carbocycles. The third kappa shape index (κ3) is 4.01. The van der Waals surface area contributed by atoms with E-state index in [2.05, 4.69) is 0 Å². The molecule has 2 aliphatic rings. The van der Waals surface area contributed by atoms with Crippen molar-refractivity contribution in [1.82, 2.24) is 0 Å². The fourth-order valence-electron chi connectivity index (χ4n) is 3.65. The zero-order chi connectivity index (χ0) is 17.0. The first-order chi connectivity index (χ1) is 11.5. The van der Waals surface area contributed by atoms with Crippen LogP contribution in [-0.4, -0.2) is 20.6 Å². The van der Waals surface area contributed by atoms with E-state index in [0.717, 1.165) is 5.56 Å². The van der Waals surface area contributed by atoms with E-state index < -0.39 is 15.7 Å². The van der Waals surface area contributed by atoms with E-state index >= 15 is 0 Å². The third-order valence-corrected chi connectivity index (χ3v) is 6.13. The minimum Gasteiger partial charge on any atom is -0.494 e. The predicted octanol–water partition coefficient (Wildman–Crippen LogP) is 4.18. The lowest BCUT2D eigenvalue weighted by molar-refractivity contribution is 0.0312. The smallest absolute Gasteiger partial charge is 0.294 e. The summed E-state index contributed by atoms with van der Waals surface area (Å²) >= 11 is 0. The number of hydrogen-bond donors (Lipinski definition) is 0. The Labute approximate surface area is 145 Å².